The summed E-state index contributed by atoms with van der Waals surface area (Å²) in [7, 11) is 0. The van der Waals surface area contributed by atoms with Crippen LogP contribution >= 0.6 is 0 Å². The van der Waals surface area contributed by atoms with Crippen LogP contribution in [0.3, 0.4) is 0 Å². The second-order valence-electron chi connectivity index (χ2n) is 8.38. The van der Waals surface area contributed by atoms with Gasteiger partial charge in [-0.2, -0.15) is 5.26 Å². The summed E-state index contributed by atoms with van der Waals surface area (Å²) in [5, 5.41) is 14.4. The van der Waals surface area contributed by atoms with Crippen LogP contribution in [0.2, 0.25) is 0 Å². The molecule has 0 radical (unpaired) electrons. The van der Waals surface area contributed by atoms with Crippen molar-refractivity contribution < 1.29 is 9.53 Å². The molecule has 1 unspecified atom stereocenters. The number of carbonyl (C=O) groups is 1. The number of aryl methyl sites for hydroxylation is 2. The molecule has 33 heavy (non-hydrogen) atoms. The minimum atomic E-state index is -0.00609. The molecule has 6 heteroatoms. The predicted molar refractivity (Wildman–Crippen MR) is 131 cm³/mol. The molecule has 2 aromatic carbocycles. The first-order valence-corrected chi connectivity index (χ1v) is 11.3. The van der Waals surface area contributed by atoms with Gasteiger partial charge in [0.05, 0.1) is 17.9 Å². The zero-order valence-corrected chi connectivity index (χ0v) is 19.3. The maximum Gasteiger partial charge on any atom is 0.224 e. The third-order valence-electron chi connectivity index (χ3n) is 5.95. The molecule has 1 amide bonds. The van der Waals surface area contributed by atoms with E-state index in [1.807, 2.05) is 19.1 Å². The molecule has 0 aliphatic heterocycles. The molecular weight excluding hydrogens is 412 g/mol. The van der Waals surface area contributed by atoms with Crippen molar-refractivity contribution in [3.8, 4) is 11.9 Å². The number of aromatic nitrogens is 2. The van der Waals surface area contributed by atoms with Crippen molar-refractivity contribution in [1.29, 1.82) is 5.26 Å². The fraction of sp³-hybridized carbons (Fsp3) is 0.296. The van der Waals surface area contributed by atoms with Crippen LogP contribution in [0.4, 0.5) is 5.69 Å². The van der Waals surface area contributed by atoms with E-state index in [2.05, 4.69) is 58.2 Å². The quantitative estimate of drug-likeness (QED) is 0.374. The molecular formula is C27H28N4O2. The number of benzene rings is 2. The lowest BCUT2D eigenvalue weighted by Crippen LogP contribution is -2.16. The van der Waals surface area contributed by atoms with Crippen LogP contribution in [0.5, 0.6) is 5.88 Å². The van der Waals surface area contributed by atoms with Gasteiger partial charge in [0.25, 0.3) is 0 Å². The molecule has 168 valence electrons. The molecule has 1 atom stereocenters. The maximum atomic E-state index is 12.6. The fourth-order valence-electron chi connectivity index (χ4n) is 4.20. The fourth-order valence-corrected chi connectivity index (χ4v) is 4.20. The highest BCUT2D eigenvalue weighted by Crippen LogP contribution is 2.31. The third-order valence-corrected chi connectivity index (χ3v) is 5.95. The molecule has 0 bridgehead atoms. The summed E-state index contributed by atoms with van der Waals surface area (Å²) in [6.45, 7) is 7.33. The normalized spacial score (nSPS) is 11.9. The van der Waals surface area contributed by atoms with Crippen molar-refractivity contribution in [3.63, 3.8) is 0 Å². The van der Waals surface area contributed by atoms with Gasteiger partial charge in [0.15, 0.2) is 0 Å². The van der Waals surface area contributed by atoms with Crippen LogP contribution in [0.25, 0.3) is 21.8 Å². The molecule has 1 N–H and O–H groups in total. The smallest absolute Gasteiger partial charge is 0.224 e. The van der Waals surface area contributed by atoms with E-state index in [1.54, 1.807) is 19.1 Å². The minimum absolute atomic E-state index is 0.00609. The Labute approximate surface area is 193 Å². The Balaban J connectivity index is 1.35. The number of hydrogen-bond acceptors (Lipinski definition) is 4. The molecule has 2 aromatic heterocycles. The van der Waals surface area contributed by atoms with Gasteiger partial charge >= 0.3 is 0 Å². The monoisotopic (exact) mass is 440 g/mol. The summed E-state index contributed by atoms with van der Waals surface area (Å²) in [4.78, 5) is 16.9. The van der Waals surface area contributed by atoms with Gasteiger partial charge in [0, 0.05) is 46.5 Å². The first-order valence-electron chi connectivity index (χ1n) is 11.3. The molecule has 0 aliphatic rings. The van der Waals surface area contributed by atoms with Gasteiger partial charge < -0.3 is 14.6 Å². The first kappa shape index (κ1) is 22.3. The van der Waals surface area contributed by atoms with Gasteiger partial charge in [-0.05, 0) is 56.5 Å². The van der Waals surface area contributed by atoms with Crippen molar-refractivity contribution in [2.24, 2.45) is 5.92 Å². The molecule has 0 spiro atoms. The van der Waals surface area contributed by atoms with Crippen molar-refractivity contribution in [2.75, 3.05) is 11.9 Å². The number of ether oxygens (including phenoxy) is 1. The van der Waals surface area contributed by atoms with Gasteiger partial charge in [-0.25, -0.2) is 4.98 Å². The van der Waals surface area contributed by atoms with Gasteiger partial charge in [0.2, 0.25) is 11.8 Å². The van der Waals surface area contributed by atoms with Crippen molar-refractivity contribution in [1.82, 2.24) is 9.55 Å². The Morgan fingerprint density at radius 3 is 2.70 bits per heavy atom. The van der Waals surface area contributed by atoms with Crippen LogP contribution in [0, 0.1) is 24.2 Å². The van der Waals surface area contributed by atoms with Crippen molar-refractivity contribution >= 4 is 33.4 Å². The number of para-hydroxylation sites is 1. The van der Waals surface area contributed by atoms with Crippen LogP contribution < -0.4 is 10.1 Å². The standard InChI is InChI=1S/C27H28N4O2/c1-4-31-24-8-6-5-7-22(24)23-16-21(10-11-25(23)31)30-26(32)15-18(2)13-14-33-27-12-9-20(17-28)19(3)29-27/h5-12,16,18H,4,13-15H2,1-3H3,(H,30,32). The molecule has 0 fully saturated rings. The highest BCUT2D eigenvalue weighted by atomic mass is 16.5. The van der Waals surface area contributed by atoms with E-state index in [0.29, 0.717) is 30.2 Å². The molecule has 0 saturated heterocycles. The van der Waals surface area contributed by atoms with E-state index < -0.39 is 0 Å². The number of nitriles is 1. The first-order chi connectivity index (χ1) is 16.0. The summed E-state index contributed by atoms with van der Waals surface area (Å²) >= 11 is 0. The number of nitrogens with one attached hydrogen (secondary N) is 1. The van der Waals surface area contributed by atoms with Crippen molar-refractivity contribution in [2.45, 2.75) is 40.2 Å². The average Bonchev–Trinajstić information content (AvgIpc) is 3.12. The zero-order chi connectivity index (χ0) is 23.4. The lowest BCUT2D eigenvalue weighted by molar-refractivity contribution is -0.117. The Bertz CT molecular complexity index is 1350. The maximum absolute atomic E-state index is 12.6. The molecule has 2 heterocycles. The summed E-state index contributed by atoms with van der Waals surface area (Å²) in [6.07, 6.45) is 1.15. The zero-order valence-electron chi connectivity index (χ0n) is 19.3. The lowest BCUT2D eigenvalue weighted by Gasteiger charge is -2.13. The van der Waals surface area contributed by atoms with Crippen LogP contribution in [-0.2, 0) is 11.3 Å². The second kappa shape index (κ2) is 9.74. The Hall–Kier alpha value is -3.85. The van der Waals surface area contributed by atoms with Crippen molar-refractivity contribution in [3.05, 3.63) is 65.9 Å². The van der Waals surface area contributed by atoms with Gasteiger partial charge in [0.1, 0.15) is 6.07 Å². The largest absolute Gasteiger partial charge is 0.478 e. The average molecular weight is 441 g/mol. The summed E-state index contributed by atoms with van der Waals surface area (Å²) in [5.41, 5.74) is 4.39. The number of nitrogens with zero attached hydrogens (tertiary/aromatic N) is 3. The number of pyridine rings is 1. The van der Waals surface area contributed by atoms with E-state index in [-0.39, 0.29) is 11.8 Å². The van der Waals surface area contributed by atoms with E-state index >= 15 is 0 Å². The summed E-state index contributed by atoms with van der Waals surface area (Å²) in [6, 6.07) is 20.0. The molecule has 6 nitrogen and oxygen atoms in total. The van der Waals surface area contributed by atoms with E-state index in [4.69, 9.17) is 10.00 Å². The number of fused-ring (bicyclic) bond motifs is 3. The van der Waals surface area contributed by atoms with E-state index in [0.717, 1.165) is 24.0 Å². The Kier molecular flexibility index (Phi) is 6.60. The van der Waals surface area contributed by atoms with Crippen LogP contribution in [0.15, 0.2) is 54.6 Å². The number of anilines is 1. The summed E-state index contributed by atoms with van der Waals surface area (Å²) < 4.78 is 8.00. The number of rotatable bonds is 8. The lowest BCUT2D eigenvalue weighted by atomic mass is 10.0. The Morgan fingerprint density at radius 2 is 1.94 bits per heavy atom. The minimum Gasteiger partial charge on any atom is -0.478 e. The molecule has 0 saturated carbocycles. The van der Waals surface area contributed by atoms with E-state index in [9.17, 15) is 4.79 Å². The molecule has 0 aliphatic carbocycles. The SMILES string of the molecule is CCn1c2ccccc2c2cc(NC(=O)CC(C)CCOc3ccc(C#N)c(C)n3)ccc21. The number of hydrogen-bond donors (Lipinski definition) is 1. The highest BCUT2D eigenvalue weighted by molar-refractivity contribution is 6.09. The second-order valence-corrected chi connectivity index (χ2v) is 8.38. The molecule has 4 aromatic rings. The van der Waals surface area contributed by atoms with Gasteiger partial charge in [-0.15, -0.1) is 0 Å². The van der Waals surface area contributed by atoms with Crippen LogP contribution in [-0.4, -0.2) is 22.1 Å². The number of carbonyl (C=O) groups excluding carboxylic acids is 1. The predicted octanol–water partition coefficient (Wildman–Crippen LogP) is 5.82. The highest BCUT2D eigenvalue weighted by Gasteiger charge is 2.13. The Morgan fingerprint density at radius 1 is 1.15 bits per heavy atom. The van der Waals surface area contributed by atoms with Gasteiger partial charge in [-0.1, -0.05) is 25.1 Å². The summed E-state index contributed by atoms with van der Waals surface area (Å²) in [5.74, 6) is 0.659. The van der Waals surface area contributed by atoms with Crippen LogP contribution in [0.1, 0.15) is 37.9 Å². The topological polar surface area (TPSA) is 79.9 Å². The molecule has 4 rings (SSSR count). The van der Waals surface area contributed by atoms with Gasteiger partial charge in [-0.3, -0.25) is 4.79 Å². The van der Waals surface area contributed by atoms with E-state index in [1.165, 1.54) is 16.4 Å². The number of amides is 1. The third kappa shape index (κ3) is 4.83.